The fourth-order valence-corrected chi connectivity index (χ4v) is 7.40. The minimum absolute atomic E-state index is 0.0616. The quantitative estimate of drug-likeness (QED) is 0.608. The predicted molar refractivity (Wildman–Crippen MR) is 138 cm³/mol. The van der Waals surface area contributed by atoms with Crippen LogP contribution in [0.25, 0.3) is 0 Å². The van der Waals surface area contributed by atoms with Gasteiger partial charge in [-0.2, -0.15) is 0 Å². The van der Waals surface area contributed by atoms with E-state index in [-0.39, 0.29) is 29.3 Å². The number of halogens is 1. The Labute approximate surface area is 217 Å². The van der Waals surface area contributed by atoms with Crippen LogP contribution in [-0.2, 0) is 10.2 Å². The van der Waals surface area contributed by atoms with Crippen LogP contribution in [0, 0.1) is 11.7 Å². The second kappa shape index (κ2) is 9.71. The van der Waals surface area contributed by atoms with Crippen molar-refractivity contribution in [3.8, 4) is 0 Å². The van der Waals surface area contributed by atoms with E-state index in [0.717, 1.165) is 63.0 Å². The lowest BCUT2D eigenvalue weighted by molar-refractivity contribution is 0.0633. The van der Waals surface area contributed by atoms with Crippen LogP contribution in [0.5, 0.6) is 0 Å². The molecule has 1 aliphatic carbocycles. The lowest BCUT2D eigenvalue weighted by Crippen LogP contribution is -2.49. The van der Waals surface area contributed by atoms with Crippen LogP contribution < -0.4 is 4.90 Å². The molecule has 1 spiro atoms. The molecule has 1 aromatic carbocycles. The third-order valence-corrected chi connectivity index (χ3v) is 9.23. The van der Waals surface area contributed by atoms with Gasteiger partial charge in [0.2, 0.25) is 0 Å². The molecule has 3 aliphatic heterocycles. The van der Waals surface area contributed by atoms with E-state index >= 15 is 0 Å². The van der Waals surface area contributed by atoms with Gasteiger partial charge in [-0.25, -0.2) is 9.18 Å². The van der Waals surface area contributed by atoms with Gasteiger partial charge >= 0.3 is 6.09 Å². The van der Waals surface area contributed by atoms with Crippen molar-refractivity contribution >= 4 is 17.7 Å². The zero-order valence-electron chi connectivity index (χ0n) is 21.4. The number of aromatic nitrogens is 1. The fraction of sp³-hybridized carbons (Fsp3) is 0.552. The van der Waals surface area contributed by atoms with Gasteiger partial charge in [-0.1, -0.05) is 0 Å². The summed E-state index contributed by atoms with van der Waals surface area (Å²) in [6.45, 7) is 5.46. The molecule has 6 rings (SSSR count). The van der Waals surface area contributed by atoms with E-state index < -0.39 is 0 Å². The van der Waals surface area contributed by atoms with Crippen molar-refractivity contribution in [3.05, 3.63) is 59.7 Å². The average molecular weight is 507 g/mol. The number of hydrogen-bond acceptors (Lipinski definition) is 5. The van der Waals surface area contributed by atoms with Gasteiger partial charge in [0, 0.05) is 54.2 Å². The molecule has 0 radical (unpaired) electrons. The van der Waals surface area contributed by atoms with Gasteiger partial charge in [0.15, 0.2) is 0 Å². The number of pyridine rings is 1. The number of benzene rings is 1. The minimum atomic E-state index is -0.252. The summed E-state index contributed by atoms with van der Waals surface area (Å²) in [7, 11) is 0. The molecule has 0 bridgehead atoms. The number of hydrogen-bond donors (Lipinski definition) is 0. The highest BCUT2D eigenvalue weighted by Crippen LogP contribution is 2.49. The monoisotopic (exact) mass is 506 g/mol. The molecule has 37 heavy (non-hydrogen) atoms. The zero-order valence-corrected chi connectivity index (χ0v) is 21.4. The first-order valence-corrected chi connectivity index (χ1v) is 13.7. The van der Waals surface area contributed by atoms with Crippen molar-refractivity contribution in [1.29, 1.82) is 0 Å². The number of amides is 2. The summed E-state index contributed by atoms with van der Waals surface area (Å²) in [5.74, 6) is 0.222. The van der Waals surface area contributed by atoms with E-state index in [1.54, 1.807) is 36.7 Å². The Morgan fingerprint density at radius 1 is 1.11 bits per heavy atom. The van der Waals surface area contributed by atoms with Crippen LogP contribution in [0.2, 0.25) is 0 Å². The first-order valence-electron chi connectivity index (χ1n) is 13.7. The smallest absolute Gasteiger partial charge is 0.410 e. The van der Waals surface area contributed by atoms with Gasteiger partial charge in [0.05, 0.1) is 6.61 Å². The number of rotatable bonds is 3. The average Bonchev–Trinajstić information content (AvgIpc) is 3.49. The highest BCUT2D eigenvalue weighted by molar-refractivity contribution is 6.07. The standard InChI is InChI=1S/C29H35FN4O3/c1-2-37-28(36)33-13-3-4-21-16-23(18-26(21)33)32-14-9-29(10-15-32)19-34(25-6-5-22(30)17-24(25)29)27(35)20-7-11-31-12-8-20/h5-8,11-12,17,21,23,26H,2-4,9-10,13-16,18-19H2,1H3. The molecule has 1 aromatic heterocycles. The largest absolute Gasteiger partial charge is 0.450 e. The zero-order chi connectivity index (χ0) is 25.6. The summed E-state index contributed by atoms with van der Waals surface area (Å²) in [5.41, 5.74) is 2.15. The van der Waals surface area contributed by atoms with E-state index in [2.05, 4.69) is 9.88 Å². The molecule has 1 saturated carbocycles. The Morgan fingerprint density at radius 2 is 1.89 bits per heavy atom. The van der Waals surface area contributed by atoms with Crippen LogP contribution in [0.4, 0.5) is 14.9 Å². The highest BCUT2D eigenvalue weighted by atomic mass is 19.1. The van der Waals surface area contributed by atoms with Crippen LogP contribution >= 0.6 is 0 Å². The lowest BCUT2D eigenvalue weighted by atomic mass is 9.74. The molecule has 2 amide bonds. The SMILES string of the molecule is CCOC(=O)N1CCCC2CC(N3CCC4(CC3)CN(C(=O)c3ccncc3)c3ccc(F)cc34)CC21. The molecule has 3 unspecified atom stereocenters. The second-order valence-electron chi connectivity index (χ2n) is 11.1. The third kappa shape index (κ3) is 4.29. The van der Waals surface area contributed by atoms with Crippen LogP contribution in [0.15, 0.2) is 42.7 Å². The third-order valence-electron chi connectivity index (χ3n) is 9.23. The van der Waals surface area contributed by atoms with Crippen LogP contribution in [-0.4, -0.2) is 71.7 Å². The Balaban J connectivity index is 1.18. The molecule has 196 valence electrons. The Bertz CT molecular complexity index is 1170. The van der Waals surface area contributed by atoms with Crippen molar-refractivity contribution in [3.63, 3.8) is 0 Å². The number of anilines is 1. The number of carbonyl (C=O) groups is 2. The van der Waals surface area contributed by atoms with E-state index in [1.165, 1.54) is 12.5 Å². The molecule has 7 nitrogen and oxygen atoms in total. The number of carbonyl (C=O) groups excluding carboxylic acids is 2. The molecule has 4 heterocycles. The molecule has 3 atom stereocenters. The normalized spacial score (nSPS) is 26.7. The molecule has 2 saturated heterocycles. The minimum Gasteiger partial charge on any atom is -0.450 e. The number of fused-ring (bicyclic) bond motifs is 3. The summed E-state index contributed by atoms with van der Waals surface area (Å²) in [6.07, 6.45) is 9.19. The second-order valence-corrected chi connectivity index (χ2v) is 11.1. The van der Waals surface area contributed by atoms with Gasteiger partial charge in [-0.3, -0.25) is 9.78 Å². The van der Waals surface area contributed by atoms with Gasteiger partial charge < -0.3 is 19.4 Å². The van der Waals surface area contributed by atoms with E-state index in [4.69, 9.17) is 4.74 Å². The van der Waals surface area contributed by atoms with Crippen molar-refractivity contribution in [2.45, 2.75) is 62.9 Å². The molecule has 2 aromatic rings. The van der Waals surface area contributed by atoms with Crippen LogP contribution in [0.3, 0.4) is 0 Å². The van der Waals surface area contributed by atoms with Gasteiger partial charge in [-0.15, -0.1) is 0 Å². The Morgan fingerprint density at radius 3 is 2.65 bits per heavy atom. The van der Waals surface area contributed by atoms with E-state index in [0.29, 0.717) is 30.7 Å². The molecule has 8 heteroatoms. The molecular formula is C29H35FN4O3. The summed E-state index contributed by atoms with van der Waals surface area (Å²) < 4.78 is 19.8. The predicted octanol–water partition coefficient (Wildman–Crippen LogP) is 4.61. The summed E-state index contributed by atoms with van der Waals surface area (Å²) in [5, 5.41) is 0. The maximum atomic E-state index is 14.4. The highest BCUT2D eigenvalue weighted by Gasteiger charge is 2.49. The first kappa shape index (κ1) is 24.3. The molecule has 3 fully saturated rings. The first-order chi connectivity index (χ1) is 18.0. The Kier molecular flexibility index (Phi) is 6.39. The van der Waals surface area contributed by atoms with Crippen LogP contribution in [0.1, 0.15) is 61.4 Å². The topological polar surface area (TPSA) is 66.0 Å². The number of likely N-dealkylation sites (tertiary alicyclic amines) is 2. The van der Waals surface area contributed by atoms with E-state index in [1.807, 2.05) is 16.7 Å². The number of piperidine rings is 2. The van der Waals surface area contributed by atoms with Crippen molar-refractivity contribution in [2.75, 3.05) is 37.7 Å². The van der Waals surface area contributed by atoms with Crippen molar-refractivity contribution in [1.82, 2.24) is 14.8 Å². The lowest BCUT2D eigenvalue weighted by Gasteiger charge is -2.42. The van der Waals surface area contributed by atoms with Crippen molar-refractivity contribution in [2.24, 2.45) is 5.92 Å². The van der Waals surface area contributed by atoms with Gasteiger partial charge in [0.25, 0.3) is 5.91 Å². The van der Waals surface area contributed by atoms with Crippen molar-refractivity contribution < 1.29 is 18.7 Å². The maximum Gasteiger partial charge on any atom is 0.410 e. The van der Waals surface area contributed by atoms with Gasteiger partial charge in [-0.05, 0) is 100 Å². The number of ether oxygens (including phenoxy) is 1. The summed E-state index contributed by atoms with van der Waals surface area (Å²) in [6, 6.07) is 9.04. The molecular weight excluding hydrogens is 471 g/mol. The summed E-state index contributed by atoms with van der Waals surface area (Å²) >= 11 is 0. The molecule has 0 N–H and O–H groups in total. The summed E-state index contributed by atoms with van der Waals surface area (Å²) in [4.78, 5) is 36.4. The number of nitrogens with zero attached hydrogens (tertiary/aromatic N) is 4. The Hall–Kier alpha value is -3.00. The molecule has 4 aliphatic rings. The fourth-order valence-electron chi connectivity index (χ4n) is 7.40. The van der Waals surface area contributed by atoms with E-state index in [9.17, 15) is 14.0 Å². The maximum absolute atomic E-state index is 14.4. The van der Waals surface area contributed by atoms with Gasteiger partial charge in [0.1, 0.15) is 5.82 Å².